The van der Waals surface area contributed by atoms with Gasteiger partial charge in [-0.1, -0.05) is 39.3 Å². The monoisotopic (exact) mass is 280 g/mol. The van der Waals surface area contributed by atoms with E-state index in [1.54, 1.807) is 0 Å². The SMILES string of the molecule is CC1(C)CC(Nc2ccc(N)cc2Cl)CC(C)(C)C1. The molecule has 1 saturated carbocycles. The molecule has 1 aliphatic rings. The van der Waals surface area contributed by atoms with Gasteiger partial charge in [0.1, 0.15) is 0 Å². The maximum atomic E-state index is 6.25. The lowest BCUT2D eigenvalue weighted by molar-refractivity contribution is 0.105. The number of nitrogen functional groups attached to an aromatic ring is 1. The summed E-state index contributed by atoms with van der Waals surface area (Å²) in [6, 6.07) is 6.16. The summed E-state index contributed by atoms with van der Waals surface area (Å²) in [5.41, 5.74) is 8.19. The zero-order valence-corrected chi connectivity index (χ0v) is 13.1. The molecule has 0 amide bonds. The van der Waals surface area contributed by atoms with Gasteiger partial charge >= 0.3 is 0 Å². The summed E-state index contributed by atoms with van der Waals surface area (Å²) in [6.45, 7) is 9.42. The van der Waals surface area contributed by atoms with E-state index < -0.39 is 0 Å². The predicted molar refractivity (Wildman–Crippen MR) is 84.7 cm³/mol. The molecule has 0 atom stereocenters. The van der Waals surface area contributed by atoms with E-state index in [9.17, 15) is 0 Å². The van der Waals surface area contributed by atoms with Gasteiger partial charge in [-0.15, -0.1) is 0 Å². The standard InChI is InChI=1S/C16H25ClN2/c1-15(2)8-12(9-16(3,4)10-15)19-14-6-5-11(18)7-13(14)17/h5-7,12,19H,8-10,18H2,1-4H3. The highest BCUT2D eigenvalue weighted by molar-refractivity contribution is 6.33. The second-order valence-electron chi connectivity index (χ2n) is 7.49. The van der Waals surface area contributed by atoms with Gasteiger partial charge in [-0.2, -0.15) is 0 Å². The Balaban J connectivity index is 2.14. The molecule has 106 valence electrons. The number of hydrogen-bond donors (Lipinski definition) is 2. The van der Waals surface area contributed by atoms with Gasteiger partial charge in [0.25, 0.3) is 0 Å². The number of benzene rings is 1. The molecule has 2 nitrogen and oxygen atoms in total. The third-order valence-electron chi connectivity index (χ3n) is 3.91. The van der Waals surface area contributed by atoms with Crippen LogP contribution in [0.15, 0.2) is 18.2 Å². The number of anilines is 2. The van der Waals surface area contributed by atoms with Crippen molar-refractivity contribution in [3.8, 4) is 0 Å². The second-order valence-corrected chi connectivity index (χ2v) is 7.90. The molecular formula is C16H25ClN2. The molecule has 1 aliphatic carbocycles. The van der Waals surface area contributed by atoms with Gasteiger partial charge in [-0.25, -0.2) is 0 Å². The summed E-state index contributed by atoms with van der Waals surface area (Å²) in [5, 5.41) is 4.31. The molecule has 0 bridgehead atoms. The smallest absolute Gasteiger partial charge is 0.0658 e. The van der Waals surface area contributed by atoms with Gasteiger partial charge < -0.3 is 11.1 Å². The summed E-state index contributed by atoms with van der Waals surface area (Å²) in [7, 11) is 0. The maximum Gasteiger partial charge on any atom is 0.0658 e. The Hall–Kier alpha value is -0.890. The molecule has 3 heteroatoms. The first-order valence-electron chi connectivity index (χ1n) is 6.99. The summed E-state index contributed by atoms with van der Waals surface area (Å²) >= 11 is 6.25. The molecule has 0 aromatic heterocycles. The molecule has 0 saturated heterocycles. The van der Waals surface area contributed by atoms with E-state index in [2.05, 4.69) is 33.0 Å². The van der Waals surface area contributed by atoms with E-state index in [0.29, 0.717) is 27.6 Å². The summed E-state index contributed by atoms with van der Waals surface area (Å²) in [6.07, 6.45) is 3.63. The number of rotatable bonds is 2. The Morgan fingerprint density at radius 2 is 1.74 bits per heavy atom. The largest absolute Gasteiger partial charge is 0.399 e. The zero-order chi connectivity index (χ0) is 14.3. The van der Waals surface area contributed by atoms with Crippen LogP contribution in [0.25, 0.3) is 0 Å². The maximum absolute atomic E-state index is 6.25. The average Bonchev–Trinajstić information content (AvgIpc) is 2.17. The van der Waals surface area contributed by atoms with E-state index in [1.807, 2.05) is 18.2 Å². The van der Waals surface area contributed by atoms with E-state index in [0.717, 1.165) is 5.69 Å². The third kappa shape index (κ3) is 3.79. The lowest BCUT2D eigenvalue weighted by Crippen LogP contribution is -2.40. The molecule has 0 heterocycles. The van der Waals surface area contributed by atoms with Crippen LogP contribution in [0.4, 0.5) is 11.4 Å². The fraction of sp³-hybridized carbons (Fsp3) is 0.625. The molecule has 1 aromatic carbocycles. The van der Waals surface area contributed by atoms with Crippen LogP contribution < -0.4 is 11.1 Å². The Morgan fingerprint density at radius 3 is 2.26 bits per heavy atom. The topological polar surface area (TPSA) is 38.0 Å². The molecular weight excluding hydrogens is 256 g/mol. The van der Waals surface area contributed by atoms with Gasteiger partial charge in [0.2, 0.25) is 0 Å². The normalized spacial score (nSPS) is 22.2. The Morgan fingerprint density at radius 1 is 1.16 bits per heavy atom. The molecule has 19 heavy (non-hydrogen) atoms. The lowest BCUT2D eigenvalue weighted by atomic mass is 9.63. The Kier molecular flexibility index (Phi) is 3.74. The molecule has 3 N–H and O–H groups in total. The minimum atomic E-state index is 0.375. The quantitative estimate of drug-likeness (QED) is 0.753. The molecule has 1 aromatic rings. The second kappa shape index (κ2) is 4.90. The van der Waals surface area contributed by atoms with E-state index >= 15 is 0 Å². The van der Waals surface area contributed by atoms with Gasteiger partial charge in [0.05, 0.1) is 10.7 Å². The van der Waals surface area contributed by atoms with Crippen molar-refractivity contribution in [1.29, 1.82) is 0 Å². The number of halogens is 1. The van der Waals surface area contributed by atoms with Crippen molar-refractivity contribution in [3.63, 3.8) is 0 Å². The van der Waals surface area contributed by atoms with Crippen molar-refractivity contribution in [1.82, 2.24) is 0 Å². The summed E-state index contributed by atoms with van der Waals surface area (Å²) < 4.78 is 0. The Labute approximate surface area is 121 Å². The first-order chi connectivity index (χ1) is 8.67. The van der Waals surface area contributed by atoms with Gasteiger partial charge in [-0.3, -0.25) is 0 Å². The first-order valence-corrected chi connectivity index (χ1v) is 7.36. The zero-order valence-electron chi connectivity index (χ0n) is 12.4. The van der Waals surface area contributed by atoms with Crippen LogP contribution >= 0.6 is 11.6 Å². The summed E-state index contributed by atoms with van der Waals surface area (Å²) in [5.74, 6) is 0. The molecule has 0 spiro atoms. The van der Waals surface area contributed by atoms with Crippen molar-refractivity contribution in [2.45, 2.75) is 53.0 Å². The fourth-order valence-electron chi connectivity index (χ4n) is 3.82. The van der Waals surface area contributed by atoms with Gasteiger partial charge in [0, 0.05) is 11.7 Å². The Bertz CT molecular complexity index is 450. The number of hydrogen-bond acceptors (Lipinski definition) is 2. The predicted octanol–water partition coefficient (Wildman–Crippen LogP) is 4.94. The lowest BCUT2D eigenvalue weighted by Gasteiger charge is -2.45. The van der Waals surface area contributed by atoms with Crippen LogP contribution in [0.1, 0.15) is 47.0 Å². The highest BCUT2D eigenvalue weighted by Crippen LogP contribution is 2.46. The van der Waals surface area contributed by atoms with Crippen molar-refractivity contribution in [3.05, 3.63) is 23.2 Å². The van der Waals surface area contributed by atoms with Crippen LogP contribution in [0.2, 0.25) is 5.02 Å². The molecule has 1 fully saturated rings. The van der Waals surface area contributed by atoms with Crippen LogP contribution in [-0.2, 0) is 0 Å². The highest BCUT2D eigenvalue weighted by Gasteiger charge is 2.38. The van der Waals surface area contributed by atoms with Crippen LogP contribution in [0.5, 0.6) is 0 Å². The first kappa shape index (κ1) is 14.5. The minimum Gasteiger partial charge on any atom is -0.399 e. The van der Waals surface area contributed by atoms with Gasteiger partial charge in [-0.05, 0) is 48.3 Å². The van der Waals surface area contributed by atoms with Crippen molar-refractivity contribution in [2.75, 3.05) is 11.1 Å². The van der Waals surface area contributed by atoms with Crippen molar-refractivity contribution < 1.29 is 0 Å². The minimum absolute atomic E-state index is 0.375. The molecule has 0 unspecified atom stereocenters. The van der Waals surface area contributed by atoms with Crippen LogP contribution in [-0.4, -0.2) is 6.04 Å². The van der Waals surface area contributed by atoms with E-state index in [-0.39, 0.29) is 0 Å². The van der Waals surface area contributed by atoms with Gasteiger partial charge in [0.15, 0.2) is 0 Å². The van der Waals surface area contributed by atoms with Crippen molar-refractivity contribution >= 4 is 23.0 Å². The molecule has 0 aliphatic heterocycles. The van der Waals surface area contributed by atoms with Crippen LogP contribution in [0, 0.1) is 10.8 Å². The number of nitrogens with one attached hydrogen (secondary N) is 1. The van der Waals surface area contributed by atoms with Crippen molar-refractivity contribution in [2.24, 2.45) is 10.8 Å². The average molecular weight is 281 g/mol. The fourth-order valence-corrected chi connectivity index (χ4v) is 4.06. The summed E-state index contributed by atoms with van der Waals surface area (Å²) in [4.78, 5) is 0. The molecule has 2 rings (SSSR count). The van der Waals surface area contributed by atoms with E-state index in [1.165, 1.54) is 19.3 Å². The third-order valence-corrected chi connectivity index (χ3v) is 4.22. The number of nitrogens with two attached hydrogens (primary N) is 1. The van der Waals surface area contributed by atoms with Crippen LogP contribution in [0.3, 0.4) is 0 Å². The highest BCUT2D eigenvalue weighted by atomic mass is 35.5. The van der Waals surface area contributed by atoms with E-state index in [4.69, 9.17) is 17.3 Å². The molecule has 0 radical (unpaired) electrons.